The van der Waals surface area contributed by atoms with Crippen molar-refractivity contribution < 1.29 is 23.5 Å². The fourth-order valence-electron chi connectivity index (χ4n) is 2.50. The molecule has 0 unspecified atom stereocenters. The van der Waals surface area contributed by atoms with Gasteiger partial charge in [-0.05, 0) is 30.2 Å². The summed E-state index contributed by atoms with van der Waals surface area (Å²) in [6, 6.07) is 11.1. The molecule has 0 aliphatic carbocycles. The Bertz CT molecular complexity index is 852. The highest BCUT2D eigenvalue weighted by Gasteiger charge is 2.13. The van der Waals surface area contributed by atoms with Gasteiger partial charge in [-0.25, -0.2) is 4.39 Å². The number of Topliss-reactive ketones (excluding diaryl/α,β-unsaturated/α-hetero) is 1. The van der Waals surface area contributed by atoms with Crippen LogP contribution in [-0.4, -0.2) is 24.3 Å². The van der Waals surface area contributed by atoms with Gasteiger partial charge in [0.15, 0.2) is 12.4 Å². The topological polar surface area (TPSA) is 72.5 Å². The van der Waals surface area contributed by atoms with Crippen molar-refractivity contribution in [3.05, 3.63) is 64.4 Å². The van der Waals surface area contributed by atoms with Crippen molar-refractivity contribution in [1.29, 1.82) is 0 Å². The minimum Gasteiger partial charge on any atom is -0.456 e. The van der Waals surface area contributed by atoms with Crippen LogP contribution in [0.15, 0.2) is 42.5 Å². The molecule has 0 atom stereocenters. The first-order valence-electron chi connectivity index (χ1n) is 8.91. The molecule has 2 aromatic rings. The average Bonchev–Trinajstić information content (AvgIpc) is 2.67. The van der Waals surface area contributed by atoms with Crippen molar-refractivity contribution in [2.75, 3.05) is 11.9 Å². The summed E-state index contributed by atoms with van der Waals surface area (Å²) in [6.45, 7) is 1.51. The molecule has 1 amide bonds. The molecule has 5 nitrogen and oxygen atoms in total. The summed E-state index contributed by atoms with van der Waals surface area (Å²) in [5.41, 5.74) is 1.62. The molecule has 0 aliphatic heterocycles. The normalized spacial score (nSPS) is 10.4. The monoisotopic (exact) mass is 405 g/mol. The van der Waals surface area contributed by atoms with Gasteiger partial charge in [0.25, 0.3) is 5.91 Å². The van der Waals surface area contributed by atoms with Gasteiger partial charge >= 0.3 is 5.97 Å². The number of benzene rings is 2. The first kappa shape index (κ1) is 21.6. The van der Waals surface area contributed by atoms with E-state index in [4.69, 9.17) is 16.3 Å². The fourth-order valence-corrected chi connectivity index (χ4v) is 2.66. The van der Waals surface area contributed by atoms with Gasteiger partial charge in [-0.3, -0.25) is 14.4 Å². The van der Waals surface area contributed by atoms with Gasteiger partial charge in [-0.1, -0.05) is 49.2 Å². The zero-order valence-corrected chi connectivity index (χ0v) is 16.2. The number of carbonyl (C=O) groups excluding carboxylic acids is 3. The van der Waals surface area contributed by atoms with Gasteiger partial charge in [0.1, 0.15) is 5.82 Å². The van der Waals surface area contributed by atoms with Crippen molar-refractivity contribution in [2.24, 2.45) is 0 Å². The van der Waals surface area contributed by atoms with Crippen LogP contribution in [0.2, 0.25) is 5.02 Å². The van der Waals surface area contributed by atoms with E-state index in [1.54, 1.807) is 12.1 Å². The Hall–Kier alpha value is -2.73. The Labute approximate surface area is 167 Å². The van der Waals surface area contributed by atoms with Crippen molar-refractivity contribution in [3.63, 3.8) is 0 Å². The van der Waals surface area contributed by atoms with E-state index in [2.05, 4.69) is 12.2 Å². The second-order valence-electron chi connectivity index (χ2n) is 6.20. The third-order valence-electron chi connectivity index (χ3n) is 3.94. The number of hydrogen-bond acceptors (Lipinski definition) is 4. The standard InChI is InChI=1S/C21H21ClFNO4/c1-2-3-14-4-6-15(7-5-14)19(25)10-11-21(27)28-13-20(26)24-18-9-8-16(22)12-17(18)23/h4-9,12H,2-3,10-11,13H2,1H3,(H,24,26). The van der Waals surface area contributed by atoms with Crippen molar-refractivity contribution >= 4 is 34.9 Å². The molecular formula is C21H21ClFNO4. The minimum absolute atomic E-state index is 0.0145. The molecule has 0 heterocycles. The van der Waals surface area contributed by atoms with Crippen LogP contribution >= 0.6 is 11.6 Å². The first-order chi connectivity index (χ1) is 13.4. The van der Waals surface area contributed by atoms with E-state index >= 15 is 0 Å². The maximum absolute atomic E-state index is 13.6. The highest BCUT2D eigenvalue weighted by Crippen LogP contribution is 2.18. The summed E-state index contributed by atoms with van der Waals surface area (Å²) in [7, 11) is 0. The molecular weight excluding hydrogens is 385 g/mol. The first-order valence-corrected chi connectivity index (χ1v) is 9.29. The highest BCUT2D eigenvalue weighted by atomic mass is 35.5. The predicted octanol–water partition coefficient (Wildman–Crippen LogP) is 4.58. The Morgan fingerprint density at radius 2 is 1.79 bits per heavy atom. The number of rotatable bonds is 9. The Morgan fingerprint density at radius 1 is 1.07 bits per heavy atom. The van der Waals surface area contributed by atoms with Crippen LogP contribution in [0, 0.1) is 5.82 Å². The third kappa shape index (κ3) is 6.78. The van der Waals surface area contributed by atoms with Gasteiger partial charge in [-0.2, -0.15) is 0 Å². The lowest BCUT2D eigenvalue weighted by molar-refractivity contribution is -0.147. The summed E-state index contributed by atoms with van der Waals surface area (Å²) in [6.07, 6.45) is 1.82. The van der Waals surface area contributed by atoms with Gasteiger partial charge in [0.2, 0.25) is 0 Å². The van der Waals surface area contributed by atoms with E-state index in [0.29, 0.717) is 5.56 Å². The Kier molecular flexibility index (Phi) is 8.14. The number of aryl methyl sites for hydroxylation is 1. The number of carbonyl (C=O) groups is 3. The van der Waals surface area contributed by atoms with E-state index in [1.165, 1.54) is 12.1 Å². The smallest absolute Gasteiger partial charge is 0.306 e. The quantitative estimate of drug-likeness (QED) is 0.489. The molecule has 0 spiro atoms. The molecule has 0 radical (unpaired) electrons. The van der Waals surface area contributed by atoms with E-state index in [0.717, 1.165) is 24.5 Å². The summed E-state index contributed by atoms with van der Waals surface area (Å²) >= 11 is 5.63. The highest BCUT2D eigenvalue weighted by molar-refractivity contribution is 6.30. The minimum atomic E-state index is -0.692. The Morgan fingerprint density at radius 3 is 2.43 bits per heavy atom. The second-order valence-corrected chi connectivity index (χ2v) is 6.64. The van der Waals surface area contributed by atoms with E-state index in [-0.39, 0.29) is 29.3 Å². The molecule has 28 heavy (non-hydrogen) atoms. The van der Waals surface area contributed by atoms with Crippen molar-refractivity contribution in [3.8, 4) is 0 Å². The molecule has 2 rings (SSSR count). The van der Waals surface area contributed by atoms with Gasteiger partial charge in [0, 0.05) is 17.0 Å². The lowest BCUT2D eigenvalue weighted by atomic mass is 10.0. The van der Waals surface area contributed by atoms with Crippen LogP contribution in [0.3, 0.4) is 0 Å². The zero-order chi connectivity index (χ0) is 20.5. The van der Waals surface area contributed by atoms with Crippen LogP contribution in [0.4, 0.5) is 10.1 Å². The van der Waals surface area contributed by atoms with Crippen molar-refractivity contribution in [2.45, 2.75) is 32.6 Å². The largest absolute Gasteiger partial charge is 0.456 e. The summed E-state index contributed by atoms with van der Waals surface area (Å²) in [5.74, 6) is -2.23. The molecule has 2 aromatic carbocycles. The number of ketones is 1. The van der Waals surface area contributed by atoms with Crippen LogP contribution in [0.5, 0.6) is 0 Å². The second kappa shape index (κ2) is 10.6. The van der Waals surface area contributed by atoms with E-state index in [9.17, 15) is 18.8 Å². The number of amides is 1. The number of halogens is 2. The van der Waals surface area contributed by atoms with Gasteiger partial charge in [-0.15, -0.1) is 0 Å². The van der Waals surface area contributed by atoms with E-state index < -0.39 is 24.3 Å². The number of esters is 1. The van der Waals surface area contributed by atoms with Gasteiger partial charge in [0.05, 0.1) is 12.1 Å². The summed E-state index contributed by atoms with van der Waals surface area (Å²) in [4.78, 5) is 35.6. The molecule has 148 valence electrons. The fraction of sp³-hybridized carbons (Fsp3) is 0.286. The van der Waals surface area contributed by atoms with Crippen LogP contribution in [0.25, 0.3) is 0 Å². The Balaban J connectivity index is 1.74. The maximum atomic E-state index is 13.6. The lowest BCUT2D eigenvalue weighted by Crippen LogP contribution is -2.21. The van der Waals surface area contributed by atoms with Crippen LogP contribution in [-0.2, 0) is 20.7 Å². The molecule has 0 aliphatic rings. The average molecular weight is 406 g/mol. The molecule has 0 aromatic heterocycles. The predicted molar refractivity (Wildman–Crippen MR) is 105 cm³/mol. The maximum Gasteiger partial charge on any atom is 0.306 e. The zero-order valence-electron chi connectivity index (χ0n) is 15.5. The number of anilines is 1. The number of hydrogen-bond donors (Lipinski definition) is 1. The molecule has 0 fully saturated rings. The van der Waals surface area contributed by atoms with E-state index in [1.807, 2.05) is 12.1 Å². The third-order valence-corrected chi connectivity index (χ3v) is 4.18. The lowest BCUT2D eigenvalue weighted by Gasteiger charge is -2.08. The summed E-state index contributed by atoms with van der Waals surface area (Å²) < 4.78 is 18.4. The van der Waals surface area contributed by atoms with Crippen molar-refractivity contribution in [1.82, 2.24) is 0 Å². The number of ether oxygens (including phenoxy) is 1. The summed E-state index contributed by atoms with van der Waals surface area (Å²) in [5, 5.41) is 2.48. The van der Waals surface area contributed by atoms with Gasteiger partial charge < -0.3 is 10.1 Å². The molecule has 0 saturated carbocycles. The SMILES string of the molecule is CCCc1ccc(C(=O)CCC(=O)OCC(=O)Nc2ccc(Cl)cc2F)cc1. The molecule has 0 bridgehead atoms. The molecule has 1 N–H and O–H groups in total. The van der Waals surface area contributed by atoms with Crippen LogP contribution in [0.1, 0.15) is 42.1 Å². The number of nitrogens with one attached hydrogen (secondary N) is 1. The molecule has 7 heteroatoms. The molecule has 0 saturated heterocycles. The van der Waals surface area contributed by atoms with Crippen LogP contribution < -0.4 is 5.32 Å².